The summed E-state index contributed by atoms with van der Waals surface area (Å²) in [6.45, 7) is 3.03. The van der Waals surface area contributed by atoms with Crippen molar-refractivity contribution in [2.75, 3.05) is 24.1 Å². The van der Waals surface area contributed by atoms with Crippen molar-refractivity contribution in [1.29, 1.82) is 0 Å². The van der Waals surface area contributed by atoms with Gasteiger partial charge >= 0.3 is 5.97 Å². The Kier molecular flexibility index (Phi) is 4.30. The number of nitrogens with one attached hydrogen (secondary N) is 1. The van der Waals surface area contributed by atoms with Gasteiger partial charge in [0.15, 0.2) is 0 Å². The molecule has 1 heterocycles. The van der Waals surface area contributed by atoms with Crippen LogP contribution in [0.2, 0.25) is 0 Å². The predicted molar refractivity (Wildman–Crippen MR) is 76.7 cm³/mol. The largest absolute Gasteiger partial charge is 0.478 e. The fourth-order valence-corrected chi connectivity index (χ4v) is 2.39. The lowest BCUT2D eigenvalue weighted by molar-refractivity contribution is -0.130. The topological polar surface area (TPSA) is 95.7 Å². The number of amides is 1. The van der Waals surface area contributed by atoms with Gasteiger partial charge in [-0.25, -0.2) is 9.18 Å². The van der Waals surface area contributed by atoms with Crippen LogP contribution in [0.4, 0.5) is 15.8 Å². The van der Waals surface area contributed by atoms with Crippen molar-refractivity contribution in [3.8, 4) is 0 Å². The van der Waals surface area contributed by atoms with Crippen LogP contribution in [0, 0.1) is 5.82 Å². The molecule has 4 N–H and O–H groups in total. The second-order valence-corrected chi connectivity index (χ2v) is 5.12. The van der Waals surface area contributed by atoms with Gasteiger partial charge in [-0.3, -0.25) is 4.79 Å². The zero-order chi connectivity index (χ0) is 15.6. The number of benzene rings is 1. The lowest BCUT2D eigenvalue weighted by atomic mass is 10.1. The molecule has 2 rings (SSSR count). The maximum absolute atomic E-state index is 13.8. The van der Waals surface area contributed by atoms with E-state index in [2.05, 4.69) is 5.32 Å². The van der Waals surface area contributed by atoms with E-state index in [0.717, 1.165) is 25.0 Å². The smallest absolute Gasteiger partial charge is 0.337 e. The van der Waals surface area contributed by atoms with E-state index in [-0.39, 0.29) is 22.8 Å². The minimum absolute atomic E-state index is 0.0401. The van der Waals surface area contributed by atoms with Gasteiger partial charge in [-0.05, 0) is 31.9 Å². The van der Waals surface area contributed by atoms with Crippen molar-refractivity contribution in [2.45, 2.75) is 25.8 Å². The average Bonchev–Trinajstić information content (AvgIpc) is 2.94. The predicted octanol–water partition coefficient (Wildman–Crippen LogP) is 1.53. The molecule has 0 bridgehead atoms. The lowest BCUT2D eigenvalue weighted by Gasteiger charge is -2.22. The van der Waals surface area contributed by atoms with Gasteiger partial charge in [0.05, 0.1) is 11.3 Å². The highest BCUT2D eigenvalue weighted by Gasteiger charge is 2.24. The summed E-state index contributed by atoms with van der Waals surface area (Å²) in [6, 6.07) is 1.42. The molecule has 1 saturated heterocycles. The SMILES string of the molecule is CC(Nc1cc(C(=O)O)c(N)cc1F)C(=O)N1CCCC1. The molecule has 0 spiro atoms. The zero-order valence-electron chi connectivity index (χ0n) is 11.7. The molecule has 6 nitrogen and oxygen atoms in total. The molecule has 1 aliphatic heterocycles. The molecule has 1 aromatic carbocycles. The van der Waals surface area contributed by atoms with Crippen molar-refractivity contribution >= 4 is 23.3 Å². The van der Waals surface area contributed by atoms with Crippen molar-refractivity contribution in [3.05, 3.63) is 23.5 Å². The number of nitrogen functional groups attached to an aromatic ring is 1. The van der Waals surface area contributed by atoms with E-state index in [4.69, 9.17) is 10.8 Å². The first kappa shape index (κ1) is 15.1. The summed E-state index contributed by atoms with van der Waals surface area (Å²) in [5, 5.41) is 11.7. The normalized spacial score (nSPS) is 15.8. The van der Waals surface area contributed by atoms with Gasteiger partial charge in [-0.2, -0.15) is 0 Å². The van der Waals surface area contributed by atoms with Gasteiger partial charge in [0.2, 0.25) is 5.91 Å². The van der Waals surface area contributed by atoms with E-state index in [1.165, 1.54) is 0 Å². The van der Waals surface area contributed by atoms with Gasteiger partial charge in [0, 0.05) is 18.8 Å². The molecule has 1 atom stereocenters. The van der Waals surface area contributed by atoms with Gasteiger partial charge in [0.1, 0.15) is 11.9 Å². The monoisotopic (exact) mass is 295 g/mol. The highest BCUT2D eigenvalue weighted by atomic mass is 19.1. The van der Waals surface area contributed by atoms with Crippen molar-refractivity contribution in [3.63, 3.8) is 0 Å². The molecule has 114 valence electrons. The summed E-state index contributed by atoms with van der Waals surface area (Å²) in [4.78, 5) is 24.9. The molecule has 0 radical (unpaired) electrons. The van der Waals surface area contributed by atoms with Crippen LogP contribution in [0.1, 0.15) is 30.1 Å². The molecule has 1 unspecified atom stereocenters. The third kappa shape index (κ3) is 3.24. The van der Waals surface area contributed by atoms with Crippen LogP contribution in [0.5, 0.6) is 0 Å². The molecular weight excluding hydrogens is 277 g/mol. The minimum atomic E-state index is -1.24. The van der Waals surface area contributed by atoms with Crippen molar-refractivity contribution in [1.82, 2.24) is 4.90 Å². The number of hydrogen-bond acceptors (Lipinski definition) is 4. The summed E-state index contributed by atoms with van der Waals surface area (Å²) in [5.74, 6) is -2.05. The number of carbonyl (C=O) groups excluding carboxylic acids is 1. The summed E-state index contributed by atoms with van der Waals surface area (Å²) in [7, 11) is 0. The van der Waals surface area contributed by atoms with Crippen LogP contribution in [-0.2, 0) is 4.79 Å². The number of anilines is 2. The first-order valence-electron chi connectivity index (χ1n) is 6.77. The number of nitrogens with two attached hydrogens (primary N) is 1. The summed E-state index contributed by atoms with van der Waals surface area (Å²) >= 11 is 0. The number of likely N-dealkylation sites (tertiary alicyclic amines) is 1. The number of aromatic carboxylic acids is 1. The number of carboxylic acids is 1. The standard InChI is InChI=1S/C14H18FN3O3/c1-8(13(19)18-4-2-3-5-18)17-12-6-9(14(20)21)11(16)7-10(12)15/h6-8,17H,2-5,16H2,1H3,(H,20,21). The molecule has 1 aromatic rings. The van der Waals surface area contributed by atoms with E-state index >= 15 is 0 Å². The van der Waals surface area contributed by atoms with Crippen LogP contribution in [-0.4, -0.2) is 41.0 Å². The molecule has 1 aliphatic rings. The Morgan fingerprint density at radius 2 is 2.00 bits per heavy atom. The van der Waals surface area contributed by atoms with E-state index in [1.54, 1.807) is 11.8 Å². The van der Waals surface area contributed by atoms with E-state index in [9.17, 15) is 14.0 Å². The Morgan fingerprint density at radius 1 is 1.38 bits per heavy atom. The molecule has 1 fully saturated rings. The third-order valence-electron chi connectivity index (χ3n) is 3.53. The van der Waals surface area contributed by atoms with Crippen LogP contribution in [0.15, 0.2) is 12.1 Å². The second-order valence-electron chi connectivity index (χ2n) is 5.12. The highest BCUT2D eigenvalue weighted by Crippen LogP contribution is 2.23. The summed E-state index contributed by atoms with van der Waals surface area (Å²) in [6.07, 6.45) is 1.94. The van der Waals surface area contributed by atoms with E-state index in [1.807, 2.05) is 0 Å². The minimum Gasteiger partial charge on any atom is -0.478 e. The molecule has 0 aliphatic carbocycles. The van der Waals surface area contributed by atoms with Crippen LogP contribution in [0.3, 0.4) is 0 Å². The van der Waals surface area contributed by atoms with Gasteiger partial charge < -0.3 is 21.1 Å². The molecular formula is C14H18FN3O3. The molecule has 1 amide bonds. The molecule has 0 aromatic heterocycles. The molecule has 7 heteroatoms. The Bertz CT molecular complexity index is 571. The Morgan fingerprint density at radius 3 is 2.57 bits per heavy atom. The van der Waals surface area contributed by atoms with Crippen molar-refractivity contribution in [2.24, 2.45) is 0 Å². The number of carbonyl (C=O) groups is 2. The van der Waals surface area contributed by atoms with Crippen LogP contribution in [0.25, 0.3) is 0 Å². The first-order valence-corrected chi connectivity index (χ1v) is 6.77. The summed E-state index contributed by atoms with van der Waals surface area (Å²) in [5.41, 5.74) is 5.07. The highest BCUT2D eigenvalue weighted by molar-refractivity contribution is 5.95. The van der Waals surface area contributed by atoms with Crippen molar-refractivity contribution < 1.29 is 19.1 Å². The molecule has 21 heavy (non-hydrogen) atoms. The van der Waals surface area contributed by atoms with Gasteiger partial charge in [0.25, 0.3) is 0 Å². The average molecular weight is 295 g/mol. The van der Waals surface area contributed by atoms with Gasteiger partial charge in [-0.1, -0.05) is 0 Å². The molecule has 0 saturated carbocycles. The van der Waals surface area contributed by atoms with E-state index in [0.29, 0.717) is 13.1 Å². The zero-order valence-corrected chi connectivity index (χ0v) is 11.7. The maximum atomic E-state index is 13.8. The summed E-state index contributed by atoms with van der Waals surface area (Å²) < 4.78 is 13.8. The fourth-order valence-electron chi connectivity index (χ4n) is 2.39. The van der Waals surface area contributed by atoms with E-state index < -0.39 is 17.8 Å². The van der Waals surface area contributed by atoms with Gasteiger partial charge in [-0.15, -0.1) is 0 Å². The second kappa shape index (κ2) is 5.99. The van der Waals surface area contributed by atoms with Crippen LogP contribution >= 0.6 is 0 Å². The number of nitrogens with zero attached hydrogens (tertiary/aromatic N) is 1. The fraction of sp³-hybridized carbons (Fsp3) is 0.429. The number of rotatable bonds is 4. The Labute approximate surface area is 121 Å². The van der Waals surface area contributed by atoms with Crippen LogP contribution < -0.4 is 11.1 Å². The Hall–Kier alpha value is -2.31. The lowest BCUT2D eigenvalue weighted by Crippen LogP contribution is -2.39. The number of halogens is 1. The number of hydrogen-bond donors (Lipinski definition) is 3. The Balaban J connectivity index is 2.16. The first-order chi connectivity index (χ1) is 9.90. The maximum Gasteiger partial charge on any atom is 0.337 e. The third-order valence-corrected chi connectivity index (χ3v) is 3.53. The number of carboxylic acid groups (broad SMARTS) is 1. The quantitative estimate of drug-likeness (QED) is 0.732.